The maximum Gasteiger partial charge on any atom is 0.277 e. The van der Waals surface area contributed by atoms with E-state index in [9.17, 15) is 4.79 Å². The topological polar surface area (TPSA) is 47.8 Å². The maximum atomic E-state index is 13.1. The Kier molecular flexibility index (Phi) is 5.36. The minimum absolute atomic E-state index is 0.0763. The van der Waals surface area contributed by atoms with Crippen molar-refractivity contribution in [3.63, 3.8) is 0 Å². The van der Waals surface area contributed by atoms with Gasteiger partial charge >= 0.3 is 0 Å². The lowest BCUT2D eigenvalue weighted by molar-refractivity contribution is 0.778. The molecule has 4 rings (SSSR count). The van der Waals surface area contributed by atoms with Crippen molar-refractivity contribution >= 4 is 44.1 Å². The van der Waals surface area contributed by atoms with Crippen LogP contribution in [0.15, 0.2) is 59.5 Å². The second-order valence-electron chi connectivity index (χ2n) is 6.31. The van der Waals surface area contributed by atoms with Crippen molar-refractivity contribution < 1.29 is 0 Å². The molecule has 0 spiro atoms. The second-order valence-corrected chi connectivity index (χ2v) is 8.09. The van der Waals surface area contributed by atoms with E-state index in [1.807, 2.05) is 30.5 Å². The third kappa shape index (κ3) is 3.68. The lowest BCUT2D eigenvalue weighted by atomic mass is 10.0. The SMILES string of the molecule is CCc1cccc(Cc2cnn(-c3nc4ccccc4s3)c(=O)c2CI)c1. The van der Waals surface area contributed by atoms with Gasteiger partial charge in [0, 0.05) is 9.99 Å². The zero-order valence-corrected chi connectivity index (χ0v) is 17.8. The second kappa shape index (κ2) is 7.90. The molecule has 2 aromatic heterocycles. The van der Waals surface area contributed by atoms with Crippen LogP contribution in [0.2, 0.25) is 0 Å². The van der Waals surface area contributed by atoms with Gasteiger partial charge in [-0.25, -0.2) is 4.98 Å². The summed E-state index contributed by atoms with van der Waals surface area (Å²) in [5, 5.41) is 5.06. The van der Waals surface area contributed by atoms with E-state index < -0.39 is 0 Å². The number of alkyl halides is 1. The van der Waals surface area contributed by atoms with Crippen molar-refractivity contribution in [1.82, 2.24) is 14.8 Å². The highest BCUT2D eigenvalue weighted by molar-refractivity contribution is 14.1. The summed E-state index contributed by atoms with van der Waals surface area (Å²) in [7, 11) is 0. The summed E-state index contributed by atoms with van der Waals surface area (Å²) in [6, 6.07) is 16.4. The van der Waals surface area contributed by atoms with Gasteiger partial charge in [0.2, 0.25) is 5.13 Å². The van der Waals surface area contributed by atoms with E-state index in [4.69, 9.17) is 0 Å². The number of benzene rings is 2. The van der Waals surface area contributed by atoms with Gasteiger partial charge in [0.15, 0.2) is 0 Å². The molecular formula is C21H18IN3OS. The number of nitrogens with zero attached hydrogens (tertiary/aromatic N) is 3. The van der Waals surface area contributed by atoms with Gasteiger partial charge in [-0.3, -0.25) is 4.79 Å². The third-order valence-electron chi connectivity index (χ3n) is 4.56. The molecule has 0 aliphatic carbocycles. The number of fused-ring (bicyclic) bond motifs is 1. The van der Waals surface area contributed by atoms with Crippen LogP contribution in [-0.4, -0.2) is 14.8 Å². The Labute approximate surface area is 175 Å². The van der Waals surface area contributed by atoms with Gasteiger partial charge in [-0.2, -0.15) is 9.78 Å². The highest BCUT2D eigenvalue weighted by Gasteiger charge is 2.15. The van der Waals surface area contributed by atoms with Crippen molar-refractivity contribution in [3.05, 3.63) is 87.3 Å². The zero-order chi connectivity index (χ0) is 18.8. The molecule has 4 nitrogen and oxygen atoms in total. The van der Waals surface area contributed by atoms with Crippen molar-refractivity contribution in [1.29, 1.82) is 0 Å². The monoisotopic (exact) mass is 487 g/mol. The van der Waals surface area contributed by atoms with Gasteiger partial charge in [0.25, 0.3) is 5.56 Å². The minimum Gasteiger partial charge on any atom is -0.267 e. The van der Waals surface area contributed by atoms with Crippen LogP contribution >= 0.6 is 33.9 Å². The Bertz CT molecular complexity index is 1130. The number of halogens is 1. The highest BCUT2D eigenvalue weighted by Crippen LogP contribution is 2.24. The van der Waals surface area contributed by atoms with Gasteiger partial charge in [-0.1, -0.05) is 77.2 Å². The zero-order valence-electron chi connectivity index (χ0n) is 14.9. The molecule has 2 aromatic carbocycles. The third-order valence-corrected chi connectivity index (χ3v) is 6.33. The molecule has 0 bridgehead atoms. The predicted octanol–water partition coefficient (Wildman–Crippen LogP) is 4.93. The molecule has 0 amide bonds. The van der Waals surface area contributed by atoms with Gasteiger partial charge in [-0.05, 0) is 41.7 Å². The van der Waals surface area contributed by atoms with E-state index in [0.717, 1.165) is 34.2 Å². The summed E-state index contributed by atoms with van der Waals surface area (Å²) >= 11 is 3.74. The first-order valence-corrected chi connectivity index (χ1v) is 11.1. The van der Waals surface area contributed by atoms with Crippen molar-refractivity contribution in [2.75, 3.05) is 0 Å². The molecule has 4 aromatic rings. The van der Waals surface area contributed by atoms with Gasteiger partial charge in [-0.15, -0.1) is 0 Å². The molecule has 0 fully saturated rings. The van der Waals surface area contributed by atoms with E-state index in [0.29, 0.717) is 9.56 Å². The standard InChI is InChI=1S/C21H18IN3OS/c1-2-14-6-5-7-15(10-14)11-16-13-23-25(20(26)17(16)12-22)21-24-18-8-3-4-9-19(18)27-21/h3-10,13H,2,11-12H2,1H3. The molecule has 0 aliphatic heterocycles. The number of hydrogen-bond acceptors (Lipinski definition) is 4. The van der Waals surface area contributed by atoms with Crippen LogP contribution in [0.3, 0.4) is 0 Å². The van der Waals surface area contributed by atoms with Crippen LogP contribution in [0.25, 0.3) is 15.3 Å². The average Bonchev–Trinajstić information content (AvgIpc) is 3.12. The Hall–Kier alpha value is -2.06. The molecule has 0 radical (unpaired) electrons. The van der Waals surface area contributed by atoms with Crippen LogP contribution in [0, 0.1) is 0 Å². The fraction of sp³-hybridized carbons (Fsp3) is 0.190. The van der Waals surface area contributed by atoms with Crippen molar-refractivity contribution in [2.45, 2.75) is 24.2 Å². The summed E-state index contributed by atoms with van der Waals surface area (Å²) < 4.78 is 3.13. The first-order valence-electron chi connectivity index (χ1n) is 8.79. The largest absolute Gasteiger partial charge is 0.277 e. The highest BCUT2D eigenvalue weighted by atomic mass is 127. The van der Waals surface area contributed by atoms with E-state index in [-0.39, 0.29) is 5.56 Å². The van der Waals surface area contributed by atoms with E-state index in [1.54, 1.807) is 0 Å². The number of aryl methyl sites for hydroxylation is 1. The summed E-state index contributed by atoms with van der Waals surface area (Å²) in [6.45, 7) is 2.15. The molecule has 2 heterocycles. The summed E-state index contributed by atoms with van der Waals surface area (Å²) in [4.78, 5) is 17.6. The van der Waals surface area contributed by atoms with E-state index in [2.05, 4.69) is 63.9 Å². The smallest absolute Gasteiger partial charge is 0.267 e. The first kappa shape index (κ1) is 18.3. The first-order chi connectivity index (χ1) is 13.2. The molecule has 0 atom stereocenters. The maximum absolute atomic E-state index is 13.1. The lowest BCUT2D eigenvalue weighted by Crippen LogP contribution is -2.25. The predicted molar refractivity (Wildman–Crippen MR) is 119 cm³/mol. The molecule has 0 aliphatic rings. The Morgan fingerprint density at radius 3 is 2.70 bits per heavy atom. The van der Waals surface area contributed by atoms with Gasteiger partial charge in [0.05, 0.1) is 16.4 Å². The van der Waals surface area contributed by atoms with Crippen LogP contribution in [0.5, 0.6) is 0 Å². The number of hydrogen-bond donors (Lipinski definition) is 0. The minimum atomic E-state index is -0.0763. The van der Waals surface area contributed by atoms with Crippen LogP contribution in [0.1, 0.15) is 29.2 Å². The van der Waals surface area contributed by atoms with Gasteiger partial charge < -0.3 is 0 Å². The number of rotatable bonds is 5. The lowest BCUT2D eigenvalue weighted by Gasteiger charge is -2.10. The molecule has 27 heavy (non-hydrogen) atoms. The quantitative estimate of drug-likeness (QED) is 0.296. The van der Waals surface area contributed by atoms with Crippen molar-refractivity contribution in [2.24, 2.45) is 0 Å². The summed E-state index contributed by atoms with van der Waals surface area (Å²) in [6.07, 6.45) is 3.54. The Balaban J connectivity index is 1.75. The molecule has 136 valence electrons. The van der Waals surface area contributed by atoms with E-state index in [1.165, 1.54) is 27.1 Å². The Morgan fingerprint density at radius 2 is 1.93 bits per heavy atom. The normalized spacial score (nSPS) is 11.2. The van der Waals surface area contributed by atoms with Crippen LogP contribution < -0.4 is 5.56 Å². The molecule has 0 N–H and O–H groups in total. The summed E-state index contributed by atoms with van der Waals surface area (Å²) in [5.41, 5.74) is 5.11. The number of aromatic nitrogens is 3. The molecule has 6 heteroatoms. The summed E-state index contributed by atoms with van der Waals surface area (Å²) in [5.74, 6) is 0. The number of para-hydroxylation sites is 1. The van der Waals surface area contributed by atoms with Crippen LogP contribution in [0.4, 0.5) is 0 Å². The fourth-order valence-corrected chi connectivity index (χ4v) is 4.82. The van der Waals surface area contributed by atoms with Crippen LogP contribution in [-0.2, 0) is 17.3 Å². The van der Waals surface area contributed by atoms with Gasteiger partial charge in [0.1, 0.15) is 0 Å². The average molecular weight is 487 g/mol. The van der Waals surface area contributed by atoms with Crippen molar-refractivity contribution in [3.8, 4) is 5.13 Å². The molecule has 0 unspecified atom stereocenters. The van der Waals surface area contributed by atoms with E-state index >= 15 is 0 Å². The fourth-order valence-electron chi connectivity index (χ4n) is 3.08. The molecular weight excluding hydrogens is 469 g/mol. The molecule has 0 saturated carbocycles. The number of thiazole rings is 1. The molecule has 0 saturated heterocycles. The Morgan fingerprint density at radius 1 is 1.11 bits per heavy atom.